The fraction of sp³-hybridized carbons (Fsp3) is 0.222. The van der Waals surface area contributed by atoms with Crippen molar-refractivity contribution in [2.24, 2.45) is 0 Å². The van der Waals surface area contributed by atoms with Crippen molar-refractivity contribution in [2.45, 2.75) is 20.0 Å². The van der Waals surface area contributed by atoms with E-state index in [1.807, 2.05) is 5.32 Å². The molecule has 1 atom stereocenters. The Labute approximate surface area is 162 Å². The lowest BCUT2D eigenvalue weighted by atomic mass is 10.2. The van der Waals surface area contributed by atoms with E-state index in [2.05, 4.69) is 0 Å². The van der Waals surface area contributed by atoms with E-state index in [4.69, 9.17) is 9.47 Å². The molecule has 0 bridgehead atoms. The number of halogens is 3. The zero-order valence-electron chi connectivity index (χ0n) is 15.2. The maximum atomic E-state index is 13.6. The summed E-state index contributed by atoms with van der Waals surface area (Å²) < 4.78 is 49.8. The third kappa shape index (κ3) is 5.00. The topological polar surface area (TPSA) is 108 Å². The van der Waals surface area contributed by atoms with Gasteiger partial charge in [0, 0.05) is 6.07 Å². The maximum Gasteiger partial charge on any atom is 0.339 e. The first-order valence-corrected chi connectivity index (χ1v) is 8.22. The summed E-state index contributed by atoms with van der Waals surface area (Å²) in [6.07, 6.45) is -1.47. The van der Waals surface area contributed by atoms with Crippen LogP contribution in [0.5, 0.6) is 5.75 Å². The summed E-state index contributed by atoms with van der Waals surface area (Å²) >= 11 is 0. The third-order valence-electron chi connectivity index (χ3n) is 3.64. The van der Waals surface area contributed by atoms with Crippen LogP contribution in [0.1, 0.15) is 24.2 Å². The lowest BCUT2D eigenvalue weighted by Crippen LogP contribution is -2.30. The molecular formula is C18H15F3N2O6. The molecule has 11 heteroatoms. The summed E-state index contributed by atoms with van der Waals surface area (Å²) in [5.74, 6) is -6.95. The summed E-state index contributed by atoms with van der Waals surface area (Å²) in [4.78, 5) is 34.6. The molecule has 1 amide bonds. The number of anilines is 1. The Morgan fingerprint density at radius 2 is 1.86 bits per heavy atom. The highest BCUT2D eigenvalue weighted by atomic mass is 19.2. The number of carbonyl (C=O) groups is 2. The second-order valence-electron chi connectivity index (χ2n) is 5.63. The van der Waals surface area contributed by atoms with E-state index >= 15 is 0 Å². The molecule has 0 unspecified atom stereocenters. The third-order valence-corrected chi connectivity index (χ3v) is 3.64. The minimum atomic E-state index is -1.77. The molecule has 154 valence electrons. The lowest BCUT2D eigenvalue weighted by Gasteiger charge is -2.14. The van der Waals surface area contributed by atoms with Crippen molar-refractivity contribution in [1.82, 2.24) is 0 Å². The summed E-state index contributed by atoms with van der Waals surface area (Å²) in [5.41, 5.74) is -1.34. The SMILES string of the molecule is CCOc1ccc(C(=O)O[C@H](C)C(=O)Nc2ccc(F)c(F)c2F)cc1[N+](=O)[O-]. The van der Waals surface area contributed by atoms with Gasteiger partial charge in [-0.1, -0.05) is 0 Å². The number of carbonyl (C=O) groups excluding carboxylic acids is 2. The predicted molar refractivity (Wildman–Crippen MR) is 94.1 cm³/mol. The number of rotatable bonds is 7. The van der Waals surface area contributed by atoms with Crippen molar-refractivity contribution >= 4 is 23.3 Å². The Hall–Kier alpha value is -3.63. The van der Waals surface area contributed by atoms with Gasteiger partial charge in [-0.15, -0.1) is 0 Å². The van der Waals surface area contributed by atoms with Gasteiger partial charge in [-0.2, -0.15) is 0 Å². The van der Waals surface area contributed by atoms with Crippen LogP contribution in [0, 0.1) is 27.6 Å². The van der Waals surface area contributed by atoms with E-state index in [1.54, 1.807) is 6.92 Å². The molecule has 2 rings (SSSR count). The van der Waals surface area contributed by atoms with E-state index in [0.29, 0.717) is 6.07 Å². The molecule has 0 saturated carbocycles. The molecule has 1 N–H and O–H groups in total. The molecule has 29 heavy (non-hydrogen) atoms. The van der Waals surface area contributed by atoms with E-state index in [1.165, 1.54) is 12.1 Å². The quantitative estimate of drug-likeness (QED) is 0.322. The molecule has 0 aliphatic rings. The second-order valence-corrected chi connectivity index (χ2v) is 5.63. The molecule has 0 aromatic heterocycles. The predicted octanol–water partition coefficient (Wildman–Crippen LogP) is 3.59. The van der Waals surface area contributed by atoms with Crippen molar-refractivity contribution < 1.29 is 37.2 Å². The number of esters is 1. The number of benzene rings is 2. The highest BCUT2D eigenvalue weighted by Crippen LogP contribution is 2.28. The van der Waals surface area contributed by atoms with Crippen LogP contribution in [0.2, 0.25) is 0 Å². The van der Waals surface area contributed by atoms with Crippen molar-refractivity contribution in [1.29, 1.82) is 0 Å². The molecule has 8 nitrogen and oxygen atoms in total. The highest BCUT2D eigenvalue weighted by Gasteiger charge is 2.24. The number of nitrogens with zero attached hydrogens (tertiary/aromatic N) is 1. The number of hydrogen-bond acceptors (Lipinski definition) is 6. The molecule has 2 aromatic carbocycles. The summed E-state index contributed by atoms with van der Waals surface area (Å²) in [7, 11) is 0. The first kappa shape index (κ1) is 21.7. The second kappa shape index (κ2) is 9.04. The van der Waals surface area contributed by atoms with Gasteiger partial charge in [-0.3, -0.25) is 14.9 Å². The summed E-state index contributed by atoms with van der Waals surface area (Å²) in [6, 6.07) is 4.76. The van der Waals surface area contributed by atoms with Crippen molar-refractivity contribution in [3.63, 3.8) is 0 Å². The van der Waals surface area contributed by atoms with Gasteiger partial charge < -0.3 is 14.8 Å². The zero-order chi connectivity index (χ0) is 21.7. The highest BCUT2D eigenvalue weighted by molar-refractivity contribution is 5.97. The standard InChI is InChI=1S/C18H15F3N2O6/c1-3-28-14-7-4-10(8-13(14)23(26)27)18(25)29-9(2)17(24)22-12-6-5-11(19)15(20)16(12)21/h4-9H,3H2,1-2H3,(H,22,24)/t9-/m1/s1. The maximum absolute atomic E-state index is 13.6. The smallest absolute Gasteiger partial charge is 0.339 e. The van der Waals surface area contributed by atoms with E-state index in [9.17, 15) is 32.9 Å². The molecule has 0 aliphatic heterocycles. The normalized spacial score (nSPS) is 11.5. The Morgan fingerprint density at radius 3 is 2.48 bits per heavy atom. The fourth-order valence-electron chi connectivity index (χ4n) is 2.20. The van der Waals surface area contributed by atoms with Gasteiger partial charge in [-0.05, 0) is 38.1 Å². The number of nitro benzene ring substituents is 1. The lowest BCUT2D eigenvalue weighted by molar-refractivity contribution is -0.385. The molecular weight excluding hydrogens is 397 g/mol. The van der Waals surface area contributed by atoms with Gasteiger partial charge in [0.05, 0.1) is 22.8 Å². The summed E-state index contributed by atoms with van der Waals surface area (Å²) in [6.45, 7) is 2.94. The van der Waals surface area contributed by atoms with Crippen molar-refractivity contribution in [2.75, 3.05) is 11.9 Å². The number of hydrogen-bond donors (Lipinski definition) is 1. The van der Waals surface area contributed by atoms with Crippen molar-refractivity contribution in [3.05, 3.63) is 63.5 Å². The molecule has 2 aromatic rings. The van der Waals surface area contributed by atoms with Crippen LogP contribution in [0.15, 0.2) is 30.3 Å². The van der Waals surface area contributed by atoms with Crippen LogP contribution in [-0.2, 0) is 9.53 Å². The molecule has 0 spiro atoms. The fourth-order valence-corrected chi connectivity index (χ4v) is 2.20. The Kier molecular flexibility index (Phi) is 6.75. The zero-order valence-corrected chi connectivity index (χ0v) is 15.2. The Balaban J connectivity index is 2.12. The van der Waals surface area contributed by atoms with Gasteiger partial charge in [0.15, 0.2) is 29.3 Å². The van der Waals surface area contributed by atoms with Gasteiger partial charge in [-0.25, -0.2) is 18.0 Å². The van der Waals surface area contributed by atoms with Crippen LogP contribution in [-0.4, -0.2) is 29.5 Å². The minimum Gasteiger partial charge on any atom is -0.487 e. The average molecular weight is 412 g/mol. The van der Waals surface area contributed by atoms with E-state index in [-0.39, 0.29) is 17.9 Å². The Morgan fingerprint density at radius 1 is 1.17 bits per heavy atom. The summed E-state index contributed by atoms with van der Waals surface area (Å²) in [5, 5.41) is 13.1. The first-order valence-electron chi connectivity index (χ1n) is 8.22. The first-order chi connectivity index (χ1) is 13.6. The van der Waals surface area contributed by atoms with Gasteiger partial charge in [0.2, 0.25) is 0 Å². The molecule has 0 radical (unpaired) electrons. The van der Waals surface area contributed by atoms with Gasteiger partial charge >= 0.3 is 11.7 Å². The number of nitro groups is 1. The van der Waals surface area contributed by atoms with Crippen LogP contribution >= 0.6 is 0 Å². The molecule has 0 aliphatic carbocycles. The number of ether oxygens (including phenoxy) is 2. The van der Waals surface area contributed by atoms with Gasteiger partial charge in [0.1, 0.15) is 0 Å². The van der Waals surface area contributed by atoms with E-state index < -0.39 is 51.7 Å². The number of amides is 1. The minimum absolute atomic E-state index is 0.0475. The monoisotopic (exact) mass is 412 g/mol. The van der Waals surface area contributed by atoms with Crippen LogP contribution in [0.4, 0.5) is 24.5 Å². The average Bonchev–Trinajstić information content (AvgIpc) is 2.68. The Bertz CT molecular complexity index is 967. The number of nitrogens with one attached hydrogen (secondary N) is 1. The van der Waals surface area contributed by atoms with Gasteiger partial charge in [0.25, 0.3) is 5.91 Å². The molecule has 0 saturated heterocycles. The van der Waals surface area contributed by atoms with E-state index in [0.717, 1.165) is 19.1 Å². The van der Waals surface area contributed by atoms with Crippen LogP contribution in [0.25, 0.3) is 0 Å². The molecule has 0 heterocycles. The van der Waals surface area contributed by atoms with Crippen LogP contribution < -0.4 is 10.1 Å². The largest absolute Gasteiger partial charge is 0.487 e. The molecule has 0 fully saturated rings. The van der Waals surface area contributed by atoms with Crippen LogP contribution in [0.3, 0.4) is 0 Å². The van der Waals surface area contributed by atoms with Crippen molar-refractivity contribution in [3.8, 4) is 5.75 Å².